The van der Waals surface area contributed by atoms with Gasteiger partial charge in [-0.15, -0.1) is 0 Å². The summed E-state index contributed by atoms with van der Waals surface area (Å²) >= 11 is 3.33. The van der Waals surface area contributed by atoms with E-state index in [4.69, 9.17) is 4.74 Å². The molecule has 0 saturated carbocycles. The van der Waals surface area contributed by atoms with E-state index >= 15 is 0 Å². The third kappa shape index (κ3) is 3.74. The van der Waals surface area contributed by atoms with Crippen LogP contribution >= 0.6 is 15.9 Å². The van der Waals surface area contributed by atoms with Crippen molar-refractivity contribution in [3.8, 4) is 0 Å². The maximum absolute atomic E-state index is 12.0. The molecule has 6 nitrogen and oxygen atoms in total. The monoisotopic (exact) mass is 356 g/mol. The average molecular weight is 357 g/mol. The Labute approximate surface area is 131 Å². The van der Waals surface area contributed by atoms with Crippen LogP contribution in [0.3, 0.4) is 0 Å². The van der Waals surface area contributed by atoms with Gasteiger partial charge in [-0.05, 0) is 38.5 Å². The third-order valence-electron chi connectivity index (χ3n) is 2.92. The van der Waals surface area contributed by atoms with E-state index in [0.29, 0.717) is 10.8 Å². The van der Waals surface area contributed by atoms with E-state index in [-0.39, 0.29) is 6.42 Å². The molecule has 1 aliphatic rings. The molecule has 2 rings (SSSR count). The van der Waals surface area contributed by atoms with Crippen LogP contribution in [0.5, 0.6) is 0 Å². The summed E-state index contributed by atoms with van der Waals surface area (Å²) in [5.74, 6) is -0.450. The summed E-state index contributed by atoms with van der Waals surface area (Å²) in [5.41, 5.74) is 0.764. The number of hydroxylamine groups is 2. The summed E-state index contributed by atoms with van der Waals surface area (Å²) in [4.78, 5) is 23.9. The van der Waals surface area contributed by atoms with Gasteiger partial charge in [-0.2, -0.15) is 5.06 Å². The summed E-state index contributed by atoms with van der Waals surface area (Å²) in [6.45, 7) is 5.06. The average Bonchev–Trinajstić information content (AvgIpc) is 2.35. The van der Waals surface area contributed by atoms with Crippen molar-refractivity contribution in [2.75, 3.05) is 5.32 Å². The number of carbonyl (C=O) groups excluding carboxylic acids is 2. The van der Waals surface area contributed by atoms with E-state index in [1.807, 2.05) is 12.1 Å². The van der Waals surface area contributed by atoms with Gasteiger partial charge in [0.25, 0.3) is 0 Å². The number of anilines is 1. The Morgan fingerprint density at radius 1 is 1.48 bits per heavy atom. The number of rotatable bonds is 1. The first-order valence-corrected chi connectivity index (χ1v) is 7.27. The maximum Gasteiger partial charge on any atom is 0.435 e. The molecule has 1 aromatic rings. The molecule has 2 N–H and O–H groups in total. The lowest BCUT2D eigenvalue weighted by Crippen LogP contribution is -2.50. The number of nitrogens with zero attached hydrogens (tertiary/aromatic N) is 1. The molecule has 0 aliphatic carbocycles. The van der Waals surface area contributed by atoms with E-state index in [9.17, 15) is 14.8 Å². The molecular weight excluding hydrogens is 340 g/mol. The number of nitrogens with one attached hydrogen (secondary N) is 1. The SMILES string of the molecule is CC(C)(C)OC(=O)N(O)C1Cc2ccc(Br)cc2NC1=O. The predicted octanol–water partition coefficient (Wildman–Crippen LogP) is 2.94. The topological polar surface area (TPSA) is 78.9 Å². The minimum absolute atomic E-state index is 0.226. The molecule has 1 heterocycles. The van der Waals surface area contributed by atoms with E-state index in [1.54, 1.807) is 26.8 Å². The zero-order chi connectivity index (χ0) is 15.8. The van der Waals surface area contributed by atoms with Crippen LogP contribution in [0.1, 0.15) is 26.3 Å². The molecular formula is C14H17BrN2O4. The molecule has 21 heavy (non-hydrogen) atoms. The zero-order valence-corrected chi connectivity index (χ0v) is 13.6. The highest BCUT2D eigenvalue weighted by Gasteiger charge is 2.35. The number of hydrogen-bond donors (Lipinski definition) is 2. The number of fused-ring (bicyclic) bond motifs is 1. The molecule has 1 unspecified atom stereocenters. The molecule has 0 spiro atoms. The van der Waals surface area contributed by atoms with Gasteiger partial charge in [0.1, 0.15) is 11.6 Å². The second kappa shape index (κ2) is 5.65. The van der Waals surface area contributed by atoms with Crippen molar-refractivity contribution in [3.05, 3.63) is 28.2 Å². The van der Waals surface area contributed by atoms with Gasteiger partial charge in [0.15, 0.2) is 0 Å². The Morgan fingerprint density at radius 3 is 2.76 bits per heavy atom. The van der Waals surface area contributed by atoms with Crippen LogP contribution in [0.4, 0.5) is 10.5 Å². The van der Waals surface area contributed by atoms with Crippen molar-refractivity contribution in [3.63, 3.8) is 0 Å². The highest BCUT2D eigenvalue weighted by molar-refractivity contribution is 9.10. The molecule has 1 atom stereocenters. The summed E-state index contributed by atoms with van der Waals surface area (Å²) < 4.78 is 5.90. The Morgan fingerprint density at radius 2 is 2.14 bits per heavy atom. The van der Waals surface area contributed by atoms with Crippen molar-refractivity contribution in [2.24, 2.45) is 0 Å². The van der Waals surface area contributed by atoms with Crippen molar-refractivity contribution >= 4 is 33.6 Å². The lowest BCUT2D eigenvalue weighted by Gasteiger charge is -2.31. The zero-order valence-electron chi connectivity index (χ0n) is 12.0. The second-order valence-corrected chi connectivity index (χ2v) is 6.75. The lowest BCUT2D eigenvalue weighted by molar-refractivity contribution is -0.146. The molecule has 1 aliphatic heterocycles. The maximum atomic E-state index is 12.0. The van der Waals surface area contributed by atoms with Crippen LogP contribution in [-0.4, -0.2) is 33.9 Å². The fourth-order valence-electron chi connectivity index (χ4n) is 1.99. The minimum atomic E-state index is -1.01. The van der Waals surface area contributed by atoms with Crippen molar-refractivity contribution in [1.29, 1.82) is 0 Å². The quantitative estimate of drug-likeness (QED) is 0.598. The smallest absolute Gasteiger partial charge is 0.435 e. The van der Waals surface area contributed by atoms with E-state index in [2.05, 4.69) is 21.2 Å². The molecule has 0 aromatic heterocycles. The fourth-order valence-corrected chi connectivity index (χ4v) is 2.35. The largest absolute Gasteiger partial charge is 0.442 e. The molecule has 114 valence electrons. The molecule has 0 bridgehead atoms. The normalized spacial score (nSPS) is 17.8. The Hall–Kier alpha value is -1.60. The summed E-state index contributed by atoms with van der Waals surface area (Å²) in [7, 11) is 0. The molecule has 2 amide bonds. The van der Waals surface area contributed by atoms with E-state index in [1.165, 1.54) is 0 Å². The van der Waals surface area contributed by atoms with Crippen LogP contribution in [0.2, 0.25) is 0 Å². The van der Waals surface area contributed by atoms with Gasteiger partial charge in [0, 0.05) is 16.6 Å². The number of halogens is 1. The van der Waals surface area contributed by atoms with Crippen molar-refractivity contribution < 1.29 is 19.5 Å². The second-order valence-electron chi connectivity index (χ2n) is 5.84. The molecule has 0 saturated heterocycles. The number of hydrogen-bond acceptors (Lipinski definition) is 4. The first-order valence-electron chi connectivity index (χ1n) is 6.48. The number of amides is 2. The van der Waals surface area contributed by atoms with Gasteiger partial charge in [-0.25, -0.2) is 4.79 Å². The first-order chi connectivity index (χ1) is 9.67. The van der Waals surface area contributed by atoms with Gasteiger partial charge in [-0.1, -0.05) is 22.0 Å². The molecule has 1 aromatic carbocycles. The summed E-state index contributed by atoms with van der Waals surface area (Å²) in [5, 5.41) is 13.0. The Kier molecular flexibility index (Phi) is 4.25. The predicted molar refractivity (Wildman–Crippen MR) is 80.1 cm³/mol. The minimum Gasteiger partial charge on any atom is -0.442 e. The van der Waals surface area contributed by atoms with Crippen LogP contribution in [0.25, 0.3) is 0 Å². The number of ether oxygens (including phenoxy) is 1. The van der Waals surface area contributed by atoms with Crippen LogP contribution in [-0.2, 0) is 16.0 Å². The Balaban J connectivity index is 2.16. The van der Waals surface area contributed by atoms with Gasteiger partial charge >= 0.3 is 6.09 Å². The first kappa shape index (κ1) is 15.8. The van der Waals surface area contributed by atoms with Crippen LogP contribution in [0.15, 0.2) is 22.7 Å². The van der Waals surface area contributed by atoms with Crippen LogP contribution < -0.4 is 5.32 Å². The van der Waals surface area contributed by atoms with Crippen molar-refractivity contribution in [1.82, 2.24) is 5.06 Å². The highest BCUT2D eigenvalue weighted by Crippen LogP contribution is 2.28. The lowest BCUT2D eigenvalue weighted by atomic mass is 9.99. The van der Waals surface area contributed by atoms with Gasteiger partial charge in [0.05, 0.1) is 0 Å². The van der Waals surface area contributed by atoms with Crippen LogP contribution in [0, 0.1) is 0 Å². The van der Waals surface area contributed by atoms with Gasteiger partial charge < -0.3 is 10.1 Å². The fraction of sp³-hybridized carbons (Fsp3) is 0.429. The van der Waals surface area contributed by atoms with Gasteiger partial charge in [0.2, 0.25) is 5.91 Å². The molecule has 0 radical (unpaired) electrons. The van der Waals surface area contributed by atoms with E-state index in [0.717, 1.165) is 10.0 Å². The third-order valence-corrected chi connectivity index (χ3v) is 3.41. The van der Waals surface area contributed by atoms with Gasteiger partial charge in [-0.3, -0.25) is 10.0 Å². The number of carbonyl (C=O) groups is 2. The van der Waals surface area contributed by atoms with Crippen molar-refractivity contribution in [2.45, 2.75) is 38.8 Å². The summed E-state index contributed by atoms with van der Waals surface area (Å²) in [6.07, 6.45) is -0.715. The standard InChI is InChI=1S/C14H17BrN2O4/c1-14(2,3)21-13(19)17(20)11-6-8-4-5-9(15)7-10(8)16-12(11)18/h4-5,7,11,20H,6H2,1-3H3,(H,16,18). The summed E-state index contributed by atoms with van der Waals surface area (Å²) in [6, 6.07) is 4.43. The molecule has 7 heteroatoms. The van der Waals surface area contributed by atoms with E-state index < -0.39 is 23.6 Å². The highest BCUT2D eigenvalue weighted by atomic mass is 79.9. The number of benzene rings is 1. The molecule has 0 fully saturated rings. The Bertz CT molecular complexity index is 583.